The lowest BCUT2D eigenvalue weighted by atomic mass is 10.2. The van der Waals surface area contributed by atoms with Crippen LogP contribution in [0.4, 0.5) is 0 Å². The molecular weight excluding hydrogens is 184 g/mol. The maximum atomic E-state index is 11.4. The number of rotatable bonds is 3. The quantitative estimate of drug-likeness (QED) is 0.608. The molecule has 0 saturated carbocycles. The smallest absolute Gasteiger partial charge is 0.260 e. The van der Waals surface area contributed by atoms with E-state index in [0.29, 0.717) is 0 Å². The maximum Gasteiger partial charge on any atom is 0.260 e. The highest BCUT2D eigenvalue weighted by molar-refractivity contribution is 5.93. The first kappa shape index (κ1) is 10.5. The van der Waals surface area contributed by atoms with E-state index < -0.39 is 11.5 Å². The van der Waals surface area contributed by atoms with Gasteiger partial charge in [-0.15, -0.1) is 0 Å². The Bertz CT molecular complexity index is 372. The van der Waals surface area contributed by atoms with Crippen LogP contribution in [-0.4, -0.2) is 28.6 Å². The Balaban J connectivity index is 2.80. The molecule has 5 nitrogen and oxygen atoms in total. The van der Waals surface area contributed by atoms with Gasteiger partial charge in [0.2, 0.25) is 0 Å². The number of aliphatic hydroxyl groups is 1. The minimum absolute atomic E-state index is 0.0489. The van der Waals surface area contributed by atoms with Gasteiger partial charge in [-0.05, 0) is 19.1 Å². The van der Waals surface area contributed by atoms with Gasteiger partial charge in [-0.3, -0.25) is 9.59 Å². The number of carbonyl (C=O) groups excluding carboxylic acids is 1. The summed E-state index contributed by atoms with van der Waals surface area (Å²) in [4.78, 5) is 24.9. The number of H-pyrrole nitrogens is 1. The van der Waals surface area contributed by atoms with E-state index in [4.69, 9.17) is 5.11 Å². The van der Waals surface area contributed by atoms with Crippen molar-refractivity contribution in [3.63, 3.8) is 0 Å². The van der Waals surface area contributed by atoms with Crippen LogP contribution in [0.1, 0.15) is 17.3 Å². The molecule has 0 aliphatic rings. The Morgan fingerprint density at radius 1 is 1.71 bits per heavy atom. The normalized spacial score (nSPS) is 12.1. The lowest BCUT2D eigenvalue weighted by Gasteiger charge is -2.09. The first-order valence-corrected chi connectivity index (χ1v) is 4.24. The van der Waals surface area contributed by atoms with Crippen LogP contribution in [-0.2, 0) is 0 Å². The van der Waals surface area contributed by atoms with Gasteiger partial charge in [0, 0.05) is 12.2 Å². The maximum absolute atomic E-state index is 11.4. The van der Waals surface area contributed by atoms with Gasteiger partial charge in [0.05, 0.1) is 6.61 Å². The summed E-state index contributed by atoms with van der Waals surface area (Å²) in [5.74, 6) is -0.478. The number of carbonyl (C=O) groups is 1. The summed E-state index contributed by atoms with van der Waals surface area (Å²) in [5, 5.41) is 11.2. The van der Waals surface area contributed by atoms with E-state index in [1.165, 1.54) is 12.3 Å². The van der Waals surface area contributed by atoms with E-state index in [0.717, 1.165) is 0 Å². The molecule has 0 radical (unpaired) electrons. The number of aromatic nitrogens is 1. The first-order valence-electron chi connectivity index (χ1n) is 4.24. The Kier molecular flexibility index (Phi) is 3.41. The summed E-state index contributed by atoms with van der Waals surface area (Å²) in [6.07, 6.45) is 1.45. The second-order valence-electron chi connectivity index (χ2n) is 2.97. The lowest BCUT2D eigenvalue weighted by Crippen LogP contribution is -2.37. The van der Waals surface area contributed by atoms with Crippen molar-refractivity contribution < 1.29 is 9.90 Å². The molecule has 1 aromatic rings. The highest BCUT2D eigenvalue weighted by Crippen LogP contribution is 1.90. The third-order valence-electron chi connectivity index (χ3n) is 1.71. The molecule has 1 rings (SSSR count). The summed E-state index contributed by atoms with van der Waals surface area (Å²) < 4.78 is 0. The third-order valence-corrected chi connectivity index (χ3v) is 1.71. The monoisotopic (exact) mass is 196 g/mol. The van der Waals surface area contributed by atoms with Crippen LogP contribution in [0, 0.1) is 0 Å². The van der Waals surface area contributed by atoms with Gasteiger partial charge in [-0.25, -0.2) is 0 Å². The molecule has 1 heterocycles. The topological polar surface area (TPSA) is 82.2 Å². The fourth-order valence-corrected chi connectivity index (χ4v) is 0.948. The van der Waals surface area contributed by atoms with Crippen LogP contribution in [0.25, 0.3) is 0 Å². The molecule has 0 saturated heterocycles. The van der Waals surface area contributed by atoms with Crippen LogP contribution in [0.2, 0.25) is 0 Å². The summed E-state index contributed by atoms with van der Waals surface area (Å²) in [5.41, 5.74) is -0.386. The molecule has 0 fully saturated rings. The van der Waals surface area contributed by atoms with Gasteiger partial charge < -0.3 is 15.4 Å². The van der Waals surface area contributed by atoms with Gasteiger partial charge in [0.1, 0.15) is 5.56 Å². The summed E-state index contributed by atoms with van der Waals surface area (Å²) in [7, 11) is 0. The molecule has 1 aromatic heterocycles. The van der Waals surface area contributed by atoms with Crippen LogP contribution < -0.4 is 10.9 Å². The van der Waals surface area contributed by atoms with Crippen molar-refractivity contribution >= 4 is 5.91 Å². The number of nitrogens with one attached hydrogen (secondary N) is 2. The zero-order valence-corrected chi connectivity index (χ0v) is 7.78. The lowest BCUT2D eigenvalue weighted by molar-refractivity contribution is 0.0921. The Hall–Kier alpha value is -1.62. The van der Waals surface area contributed by atoms with Gasteiger partial charge in [-0.1, -0.05) is 0 Å². The Morgan fingerprint density at radius 3 is 3.00 bits per heavy atom. The summed E-state index contributed by atoms with van der Waals surface area (Å²) in [6, 6.07) is 2.64. The molecule has 0 aromatic carbocycles. The van der Waals surface area contributed by atoms with E-state index in [2.05, 4.69) is 10.3 Å². The largest absolute Gasteiger partial charge is 0.394 e. The molecule has 0 unspecified atom stereocenters. The molecular formula is C9H12N2O3. The van der Waals surface area contributed by atoms with Crippen molar-refractivity contribution in [2.24, 2.45) is 0 Å². The second kappa shape index (κ2) is 4.57. The Morgan fingerprint density at radius 2 is 2.43 bits per heavy atom. The fraction of sp³-hybridized carbons (Fsp3) is 0.333. The molecule has 0 aliphatic heterocycles. The van der Waals surface area contributed by atoms with Crippen molar-refractivity contribution in [2.75, 3.05) is 6.61 Å². The van der Waals surface area contributed by atoms with Crippen LogP contribution >= 0.6 is 0 Å². The van der Waals surface area contributed by atoms with E-state index in [1.54, 1.807) is 13.0 Å². The molecule has 5 heteroatoms. The van der Waals surface area contributed by atoms with E-state index >= 15 is 0 Å². The van der Waals surface area contributed by atoms with Crippen LogP contribution in [0.15, 0.2) is 23.1 Å². The van der Waals surface area contributed by atoms with Gasteiger partial charge in [0.25, 0.3) is 11.5 Å². The van der Waals surface area contributed by atoms with Gasteiger partial charge >= 0.3 is 0 Å². The van der Waals surface area contributed by atoms with Crippen molar-refractivity contribution in [1.29, 1.82) is 0 Å². The standard InChI is InChI=1S/C9H12N2O3/c1-6(5-12)11-9(14)7-3-2-4-10-8(7)13/h2-4,6,12H,5H2,1H3,(H,10,13)(H,11,14)/t6-/m0/s1. The zero-order chi connectivity index (χ0) is 10.6. The van der Waals surface area contributed by atoms with E-state index in [-0.39, 0.29) is 18.2 Å². The number of aliphatic hydroxyl groups excluding tert-OH is 1. The average Bonchev–Trinajstić information content (AvgIpc) is 2.18. The minimum atomic E-state index is -0.478. The number of hydrogen-bond acceptors (Lipinski definition) is 3. The molecule has 0 aliphatic carbocycles. The van der Waals surface area contributed by atoms with Gasteiger partial charge in [-0.2, -0.15) is 0 Å². The number of hydrogen-bond donors (Lipinski definition) is 3. The van der Waals surface area contributed by atoms with Crippen molar-refractivity contribution in [3.05, 3.63) is 34.2 Å². The van der Waals surface area contributed by atoms with Crippen LogP contribution in [0.3, 0.4) is 0 Å². The minimum Gasteiger partial charge on any atom is -0.394 e. The third kappa shape index (κ3) is 2.43. The molecule has 0 bridgehead atoms. The molecule has 14 heavy (non-hydrogen) atoms. The molecule has 76 valence electrons. The van der Waals surface area contributed by atoms with Crippen molar-refractivity contribution in [1.82, 2.24) is 10.3 Å². The number of amides is 1. The summed E-state index contributed by atoms with van der Waals surface area (Å²) >= 11 is 0. The SMILES string of the molecule is C[C@@H](CO)NC(=O)c1ccc[nH]c1=O. The van der Waals surface area contributed by atoms with E-state index in [1.807, 2.05) is 0 Å². The predicted molar refractivity (Wildman–Crippen MR) is 51.1 cm³/mol. The fourth-order valence-electron chi connectivity index (χ4n) is 0.948. The van der Waals surface area contributed by atoms with Crippen molar-refractivity contribution in [2.45, 2.75) is 13.0 Å². The molecule has 0 spiro atoms. The number of pyridine rings is 1. The van der Waals surface area contributed by atoms with Gasteiger partial charge in [0.15, 0.2) is 0 Å². The van der Waals surface area contributed by atoms with E-state index in [9.17, 15) is 9.59 Å². The molecule has 1 atom stereocenters. The number of aromatic amines is 1. The predicted octanol–water partition coefficient (Wildman–Crippen LogP) is -0.514. The average molecular weight is 196 g/mol. The zero-order valence-electron chi connectivity index (χ0n) is 7.78. The van der Waals surface area contributed by atoms with Crippen LogP contribution in [0.5, 0.6) is 0 Å². The first-order chi connectivity index (χ1) is 6.65. The highest BCUT2D eigenvalue weighted by atomic mass is 16.3. The summed E-state index contributed by atoms with van der Waals surface area (Å²) in [6.45, 7) is 1.49. The molecule has 3 N–H and O–H groups in total. The second-order valence-corrected chi connectivity index (χ2v) is 2.97. The van der Waals surface area contributed by atoms with Crippen molar-refractivity contribution in [3.8, 4) is 0 Å². The highest BCUT2D eigenvalue weighted by Gasteiger charge is 2.11. The molecule has 1 amide bonds. The Labute approximate surface area is 80.8 Å².